The summed E-state index contributed by atoms with van der Waals surface area (Å²) in [7, 11) is 0. The Hall–Kier alpha value is -3.69. The molecule has 0 saturated carbocycles. The number of nitrogens with one attached hydrogen (secondary N) is 1. The van der Waals surface area contributed by atoms with Crippen LogP contribution in [0.5, 0.6) is 0 Å². The number of oxazole rings is 1. The van der Waals surface area contributed by atoms with Crippen molar-refractivity contribution in [1.82, 2.24) is 19.2 Å². The van der Waals surface area contributed by atoms with Gasteiger partial charge in [0.25, 0.3) is 5.91 Å². The Kier molecular flexibility index (Phi) is 5.12. The number of Topliss-reactive ketones (excluding diaryl/α,β-unsaturated/α-hetero) is 1. The van der Waals surface area contributed by atoms with Gasteiger partial charge in [-0.05, 0) is 43.9 Å². The van der Waals surface area contributed by atoms with E-state index < -0.39 is 11.7 Å². The summed E-state index contributed by atoms with van der Waals surface area (Å²) in [6, 6.07) is 6.29. The number of nitrogens with zero attached hydrogens (tertiary/aromatic N) is 4. The second-order valence-corrected chi connectivity index (χ2v) is 8.20. The van der Waals surface area contributed by atoms with Gasteiger partial charge in [0, 0.05) is 37.8 Å². The summed E-state index contributed by atoms with van der Waals surface area (Å²) in [6.45, 7) is 1.88. The molecule has 0 radical (unpaired) electrons. The molecule has 2 aliphatic rings. The molecule has 2 aromatic heterocycles. The lowest BCUT2D eigenvalue weighted by Crippen LogP contribution is -2.39. The monoisotopic (exact) mass is 437 g/mol. The molecule has 166 valence electrons. The number of benzene rings is 1. The van der Waals surface area contributed by atoms with Gasteiger partial charge in [0.1, 0.15) is 12.2 Å². The Balaban J connectivity index is 1.38. The van der Waals surface area contributed by atoms with E-state index in [1.54, 1.807) is 27.8 Å². The van der Waals surface area contributed by atoms with Crippen molar-refractivity contribution in [2.24, 2.45) is 0 Å². The van der Waals surface area contributed by atoms with Gasteiger partial charge in [-0.15, -0.1) is 0 Å². The SMILES string of the molecule is O=C(Nc1ccc2oc(=O)n(CC(=O)N3CCCCC3)c2c1)c1cc2n(n1)CCCC2=O. The summed E-state index contributed by atoms with van der Waals surface area (Å²) < 4.78 is 8.12. The van der Waals surface area contributed by atoms with E-state index in [2.05, 4.69) is 10.4 Å². The van der Waals surface area contributed by atoms with Crippen LogP contribution < -0.4 is 11.1 Å². The minimum atomic E-state index is -0.617. The zero-order valence-corrected chi connectivity index (χ0v) is 17.5. The van der Waals surface area contributed by atoms with Crippen LogP contribution >= 0.6 is 0 Å². The van der Waals surface area contributed by atoms with Crippen LogP contribution in [0.4, 0.5) is 5.69 Å². The largest absolute Gasteiger partial charge is 0.420 e. The molecule has 2 amide bonds. The number of hydrogen-bond acceptors (Lipinski definition) is 6. The van der Waals surface area contributed by atoms with Crippen molar-refractivity contribution in [3.05, 3.63) is 46.2 Å². The smallest absolute Gasteiger partial charge is 0.408 e. The number of aromatic nitrogens is 3. The van der Waals surface area contributed by atoms with Crippen LogP contribution in [-0.4, -0.2) is 49.9 Å². The third kappa shape index (κ3) is 3.72. The van der Waals surface area contributed by atoms with Crippen LogP contribution in [0.25, 0.3) is 11.1 Å². The quantitative estimate of drug-likeness (QED) is 0.667. The highest BCUT2D eigenvalue weighted by Crippen LogP contribution is 2.21. The van der Waals surface area contributed by atoms with Crippen molar-refractivity contribution in [3.8, 4) is 0 Å². The van der Waals surface area contributed by atoms with Crippen LogP contribution in [0.3, 0.4) is 0 Å². The van der Waals surface area contributed by atoms with Gasteiger partial charge in [-0.1, -0.05) is 0 Å². The Bertz CT molecular complexity index is 1280. The summed E-state index contributed by atoms with van der Waals surface area (Å²) in [5.41, 5.74) is 1.79. The number of ketones is 1. The van der Waals surface area contributed by atoms with E-state index in [0.29, 0.717) is 55.0 Å². The maximum Gasteiger partial charge on any atom is 0.420 e. The predicted octanol–water partition coefficient (Wildman–Crippen LogP) is 2.03. The molecule has 0 unspecified atom stereocenters. The summed E-state index contributed by atoms with van der Waals surface area (Å²) >= 11 is 0. The molecule has 0 spiro atoms. The average molecular weight is 437 g/mol. The molecule has 3 aromatic rings. The van der Waals surface area contributed by atoms with E-state index in [9.17, 15) is 19.2 Å². The molecule has 1 fully saturated rings. The average Bonchev–Trinajstić information content (AvgIpc) is 3.37. The molecule has 1 aromatic carbocycles. The Morgan fingerprint density at radius 1 is 1.03 bits per heavy atom. The molecule has 1 saturated heterocycles. The fourth-order valence-electron chi connectivity index (χ4n) is 4.30. The Morgan fingerprint density at radius 3 is 2.62 bits per heavy atom. The first-order chi connectivity index (χ1) is 15.5. The minimum Gasteiger partial charge on any atom is -0.408 e. The lowest BCUT2D eigenvalue weighted by molar-refractivity contribution is -0.132. The number of aryl methyl sites for hydroxylation is 1. The van der Waals surface area contributed by atoms with Crippen LogP contribution in [0, 0.1) is 0 Å². The lowest BCUT2D eigenvalue weighted by atomic mass is 10.1. The van der Waals surface area contributed by atoms with Gasteiger partial charge in [-0.25, -0.2) is 4.79 Å². The third-order valence-electron chi connectivity index (χ3n) is 6.00. The van der Waals surface area contributed by atoms with Gasteiger partial charge in [0.15, 0.2) is 17.1 Å². The van der Waals surface area contributed by atoms with E-state index in [0.717, 1.165) is 19.3 Å². The molecule has 1 N–H and O–H groups in total. The number of anilines is 1. The van der Waals surface area contributed by atoms with Crippen molar-refractivity contribution < 1.29 is 18.8 Å². The number of piperidine rings is 1. The van der Waals surface area contributed by atoms with Gasteiger partial charge in [0.2, 0.25) is 5.91 Å². The van der Waals surface area contributed by atoms with E-state index in [-0.39, 0.29) is 23.9 Å². The maximum atomic E-state index is 12.7. The number of rotatable bonds is 4. The van der Waals surface area contributed by atoms with Crippen molar-refractivity contribution in [1.29, 1.82) is 0 Å². The van der Waals surface area contributed by atoms with Crippen LogP contribution in [0.1, 0.15) is 53.1 Å². The van der Waals surface area contributed by atoms with Crippen LogP contribution in [-0.2, 0) is 17.9 Å². The number of hydrogen-bond donors (Lipinski definition) is 1. The maximum absolute atomic E-state index is 12.7. The molecule has 10 heteroatoms. The highest BCUT2D eigenvalue weighted by Gasteiger charge is 2.23. The summed E-state index contributed by atoms with van der Waals surface area (Å²) in [4.78, 5) is 51.5. The van der Waals surface area contributed by atoms with Crippen molar-refractivity contribution in [3.63, 3.8) is 0 Å². The van der Waals surface area contributed by atoms with Gasteiger partial charge >= 0.3 is 5.76 Å². The van der Waals surface area contributed by atoms with Crippen molar-refractivity contribution >= 4 is 34.4 Å². The number of amides is 2. The van der Waals surface area contributed by atoms with Crippen molar-refractivity contribution in [2.75, 3.05) is 18.4 Å². The number of carbonyl (C=O) groups is 3. The van der Waals surface area contributed by atoms with Crippen LogP contribution in [0.15, 0.2) is 33.5 Å². The van der Waals surface area contributed by atoms with E-state index in [1.807, 2.05) is 0 Å². The van der Waals surface area contributed by atoms with Gasteiger partial charge in [-0.3, -0.25) is 23.6 Å². The number of fused-ring (bicyclic) bond motifs is 2. The molecule has 32 heavy (non-hydrogen) atoms. The van der Waals surface area contributed by atoms with Crippen LogP contribution in [0.2, 0.25) is 0 Å². The number of carbonyl (C=O) groups excluding carboxylic acids is 3. The molecular formula is C22H23N5O5. The molecule has 0 aliphatic carbocycles. The normalized spacial score (nSPS) is 16.2. The van der Waals surface area contributed by atoms with Crippen molar-refractivity contribution in [2.45, 2.75) is 45.2 Å². The second kappa shape index (κ2) is 8.10. The van der Waals surface area contributed by atoms with Gasteiger partial charge in [-0.2, -0.15) is 5.10 Å². The second-order valence-electron chi connectivity index (χ2n) is 8.20. The molecule has 4 heterocycles. The topological polar surface area (TPSA) is 119 Å². The molecule has 5 rings (SSSR count). The molecular weight excluding hydrogens is 414 g/mol. The molecule has 0 bridgehead atoms. The molecule has 2 aliphatic heterocycles. The van der Waals surface area contributed by atoms with E-state index >= 15 is 0 Å². The Labute approximate surface area is 182 Å². The summed E-state index contributed by atoms with van der Waals surface area (Å²) in [5, 5.41) is 6.98. The van der Waals surface area contributed by atoms with Gasteiger partial charge < -0.3 is 14.6 Å². The fourth-order valence-corrected chi connectivity index (χ4v) is 4.30. The summed E-state index contributed by atoms with van der Waals surface area (Å²) in [5.74, 6) is -1.22. The predicted molar refractivity (Wildman–Crippen MR) is 115 cm³/mol. The Morgan fingerprint density at radius 2 is 1.84 bits per heavy atom. The zero-order valence-electron chi connectivity index (χ0n) is 17.5. The lowest BCUT2D eigenvalue weighted by Gasteiger charge is -2.26. The number of likely N-dealkylation sites (tertiary alicyclic amines) is 1. The first-order valence-corrected chi connectivity index (χ1v) is 10.8. The third-order valence-corrected chi connectivity index (χ3v) is 6.00. The van der Waals surface area contributed by atoms with Gasteiger partial charge in [0.05, 0.1) is 5.52 Å². The fraction of sp³-hybridized carbons (Fsp3) is 0.409. The van der Waals surface area contributed by atoms with E-state index in [1.165, 1.54) is 10.6 Å². The first kappa shape index (κ1) is 20.2. The highest BCUT2D eigenvalue weighted by molar-refractivity contribution is 6.05. The highest BCUT2D eigenvalue weighted by atomic mass is 16.4. The standard InChI is InChI=1S/C22H23N5O5/c28-18-5-4-10-27-16(18)12-15(24-27)21(30)23-14-6-7-19-17(11-14)26(22(31)32-19)13-20(29)25-8-2-1-3-9-25/h6-7,11-12H,1-5,8-10,13H2,(H,23,30). The zero-order chi connectivity index (χ0) is 22.2. The first-order valence-electron chi connectivity index (χ1n) is 10.8. The summed E-state index contributed by atoms with van der Waals surface area (Å²) in [6.07, 6.45) is 4.20. The molecule has 10 nitrogen and oxygen atoms in total. The molecule has 0 atom stereocenters. The minimum absolute atomic E-state index is 0.0231. The van der Waals surface area contributed by atoms with E-state index in [4.69, 9.17) is 4.42 Å².